The number of hydrogen-bond donors (Lipinski definition) is 0. The monoisotopic (exact) mass is 380 g/mol. The van der Waals surface area contributed by atoms with E-state index in [4.69, 9.17) is 18.9 Å². The molecule has 5 heteroatoms. The summed E-state index contributed by atoms with van der Waals surface area (Å²) >= 11 is 0. The van der Waals surface area contributed by atoms with Crippen LogP contribution in [0, 0.1) is 0 Å². The highest BCUT2D eigenvalue weighted by Crippen LogP contribution is 2.38. The first-order chi connectivity index (χ1) is 13.7. The van der Waals surface area contributed by atoms with Crippen LogP contribution in [0.2, 0.25) is 0 Å². The molecule has 3 rings (SSSR count). The Labute approximate surface area is 164 Å². The van der Waals surface area contributed by atoms with Crippen molar-refractivity contribution in [3.8, 4) is 17.2 Å². The lowest BCUT2D eigenvalue weighted by atomic mass is 10.1. The zero-order valence-electron chi connectivity index (χ0n) is 16.4. The lowest BCUT2D eigenvalue weighted by Gasteiger charge is -2.14. The molecule has 0 unspecified atom stereocenters. The summed E-state index contributed by atoms with van der Waals surface area (Å²) in [6.45, 7) is 0.259. The molecular formula is C23H24O5. The molecule has 0 bridgehead atoms. The third-order valence-electron chi connectivity index (χ3n) is 4.61. The van der Waals surface area contributed by atoms with E-state index in [-0.39, 0.29) is 19.0 Å². The maximum Gasteiger partial charge on any atom is 0.306 e. The van der Waals surface area contributed by atoms with Gasteiger partial charge in [0.2, 0.25) is 5.75 Å². The number of benzene rings is 3. The quantitative estimate of drug-likeness (QED) is 0.537. The minimum absolute atomic E-state index is 0.248. The molecule has 0 radical (unpaired) electrons. The van der Waals surface area contributed by atoms with Crippen molar-refractivity contribution in [2.75, 3.05) is 21.3 Å². The van der Waals surface area contributed by atoms with Crippen LogP contribution in [0.1, 0.15) is 17.5 Å². The first-order valence-corrected chi connectivity index (χ1v) is 9.07. The summed E-state index contributed by atoms with van der Waals surface area (Å²) in [5.74, 6) is 1.43. The summed E-state index contributed by atoms with van der Waals surface area (Å²) < 4.78 is 21.5. The summed E-state index contributed by atoms with van der Waals surface area (Å²) in [4.78, 5) is 12.2. The Kier molecular flexibility index (Phi) is 6.37. The van der Waals surface area contributed by atoms with Crippen LogP contribution in [0.5, 0.6) is 17.2 Å². The summed E-state index contributed by atoms with van der Waals surface area (Å²) in [6, 6.07) is 17.8. The van der Waals surface area contributed by atoms with Crippen LogP contribution < -0.4 is 14.2 Å². The normalized spacial score (nSPS) is 10.5. The van der Waals surface area contributed by atoms with Gasteiger partial charge >= 0.3 is 5.97 Å². The van der Waals surface area contributed by atoms with Crippen LogP contribution in [0.3, 0.4) is 0 Å². The predicted molar refractivity (Wildman–Crippen MR) is 108 cm³/mol. The average molecular weight is 380 g/mol. The van der Waals surface area contributed by atoms with Crippen molar-refractivity contribution in [2.45, 2.75) is 19.4 Å². The van der Waals surface area contributed by atoms with E-state index in [0.29, 0.717) is 23.7 Å². The molecule has 0 aliphatic carbocycles. The molecule has 0 N–H and O–H groups in total. The van der Waals surface area contributed by atoms with Crippen molar-refractivity contribution in [3.63, 3.8) is 0 Å². The molecule has 3 aromatic carbocycles. The Balaban J connectivity index is 1.63. The molecule has 0 saturated heterocycles. The Hall–Kier alpha value is -3.21. The van der Waals surface area contributed by atoms with Crippen LogP contribution in [0.4, 0.5) is 0 Å². The van der Waals surface area contributed by atoms with Gasteiger partial charge in [-0.1, -0.05) is 42.5 Å². The van der Waals surface area contributed by atoms with Crippen molar-refractivity contribution >= 4 is 16.7 Å². The van der Waals surface area contributed by atoms with E-state index in [1.807, 2.05) is 54.6 Å². The SMILES string of the molecule is COc1cc(CCC(=O)OCc2cccc3ccccc23)cc(OC)c1OC. The van der Waals surface area contributed by atoms with E-state index in [9.17, 15) is 4.79 Å². The number of aryl methyl sites for hydroxylation is 1. The zero-order chi connectivity index (χ0) is 19.9. The van der Waals surface area contributed by atoms with Crippen LogP contribution in [0.25, 0.3) is 10.8 Å². The second kappa shape index (κ2) is 9.13. The Morgan fingerprint density at radius 1 is 0.857 bits per heavy atom. The number of carbonyl (C=O) groups is 1. The average Bonchev–Trinajstić information content (AvgIpc) is 2.75. The molecule has 5 nitrogen and oxygen atoms in total. The fourth-order valence-electron chi connectivity index (χ4n) is 3.17. The molecule has 0 aromatic heterocycles. The highest BCUT2D eigenvalue weighted by molar-refractivity contribution is 5.85. The maximum absolute atomic E-state index is 12.2. The van der Waals surface area contributed by atoms with Crippen molar-refractivity contribution in [1.82, 2.24) is 0 Å². The summed E-state index contributed by atoms with van der Waals surface area (Å²) in [5, 5.41) is 2.23. The van der Waals surface area contributed by atoms with Gasteiger partial charge in [0, 0.05) is 6.42 Å². The van der Waals surface area contributed by atoms with Crippen molar-refractivity contribution in [2.24, 2.45) is 0 Å². The minimum atomic E-state index is -0.248. The molecule has 0 atom stereocenters. The van der Waals surface area contributed by atoms with E-state index < -0.39 is 0 Å². The van der Waals surface area contributed by atoms with Crippen LogP contribution in [-0.2, 0) is 22.6 Å². The first-order valence-electron chi connectivity index (χ1n) is 9.07. The fourth-order valence-corrected chi connectivity index (χ4v) is 3.17. The molecule has 28 heavy (non-hydrogen) atoms. The Bertz CT molecular complexity index is 934. The summed E-state index contributed by atoms with van der Waals surface area (Å²) in [6.07, 6.45) is 0.786. The number of methoxy groups -OCH3 is 3. The highest BCUT2D eigenvalue weighted by Gasteiger charge is 2.14. The molecule has 3 aromatic rings. The minimum Gasteiger partial charge on any atom is -0.493 e. The third kappa shape index (κ3) is 4.36. The molecule has 0 fully saturated rings. The van der Waals surface area contributed by atoms with Gasteiger partial charge in [0.05, 0.1) is 21.3 Å². The summed E-state index contributed by atoms with van der Waals surface area (Å²) in [7, 11) is 4.70. The predicted octanol–water partition coefficient (Wildman–Crippen LogP) is 4.54. The van der Waals surface area contributed by atoms with Gasteiger partial charge in [-0.25, -0.2) is 0 Å². The van der Waals surface area contributed by atoms with Gasteiger partial charge in [0.25, 0.3) is 0 Å². The smallest absolute Gasteiger partial charge is 0.306 e. The first kappa shape index (κ1) is 19.5. The molecule has 0 spiro atoms. The molecule has 0 saturated carbocycles. The molecule has 0 heterocycles. The van der Waals surface area contributed by atoms with Gasteiger partial charge in [-0.05, 0) is 40.5 Å². The molecule has 0 amide bonds. The lowest BCUT2D eigenvalue weighted by molar-refractivity contribution is -0.144. The third-order valence-corrected chi connectivity index (χ3v) is 4.61. The topological polar surface area (TPSA) is 54.0 Å². The van der Waals surface area contributed by atoms with Crippen LogP contribution >= 0.6 is 0 Å². The summed E-state index contributed by atoms with van der Waals surface area (Å²) in [5.41, 5.74) is 1.91. The van der Waals surface area contributed by atoms with E-state index in [2.05, 4.69) is 0 Å². The second-order valence-corrected chi connectivity index (χ2v) is 6.33. The van der Waals surface area contributed by atoms with Crippen molar-refractivity contribution < 1.29 is 23.7 Å². The number of ether oxygens (including phenoxy) is 4. The highest BCUT2D eigenvalue weighted by atomic mass is 16.5. The van der Waals surface area contributed by atoms with Gasteiger partial charge in [0.1, 0.15) is 6.61 Å². The van der Waals surface area contributed by atoms with Crippen LogP contribution in [0.15, 0.2) is 54.6 Å². The van der Waals surface area contributed by atoms with Crippen molar-refractivity contribution in [3.05, 3.63) is 65.7 Å². The van der Waals surface area contributed by atoms with Gasteiger partial charge in [0.15, 0.2) is 11.5 Å². The second-order valence-electron chi connectivity index (χ2n) is 6.33. The van der Waals surface area contributed by atoms with E-state index in [0.717, 1.165) is 21.9 Å². The Morgan fingerprint density at radius 3 is 2.21 bits per heavy atom. The Morgan fingerprint density at radius 2 is 1.54 bits per heavy atom. The molecule has 0 aliphatic rings. The van der Waals surface area contributed by atoms with E-state index >= 15 is 0 Å². The van der Waals surface area contributed by atoms with Gasteiger partial charge in [-0.15, -0.1) is 0 Å². The van der Waals surface area contributed by atoms with Crippen LogP contribution in [-0.4, -0.2) is 27.3 Å². The standard InChI is InChI=1S/C23H24O5/c1-25-20-13-16(14-21(26-2)23(20)27-3)11-12-22(24)28-15-18-9-6-8-17-7-4-5-10-19(17)18/h4-10,13-14H,11-12,15H2,1-3H3. The number of esters is 1. The van der Waals surface area contributed by atoms with E-state index in [1.54, 1.807) is 21.3 Å². The van der Waals surface area contributed by atoms with Gasteiger partial charge in [-0.2, -0.15) is 0 Å². The van der Waals surface area contributed by atoms with Crippen molar-refractivity contribution in [1.29, 1.82) is 0 Å². The van der Waals surface area contributed by atoms with Gasteiger partial charge in [-0.3, -0.25) is 4.79 Å². The molecule has 146 valence electrons. The largest absolute Gasteiger partial charge is 0.493 e. The number of fused-ring (bicyclic) bond motifs is 1. The number of carbonyl (C=O) groups excluding carboxylic acids is 1. The number of rotatable bonds is 8. The van der Waals surface area contributed by atoms with E-state index in [1.165, 1.54) is 0 Å². The fraction of sp³-hybridized carbons (Fsp3) is 0.261. The lowest BCUT2D eigenvalue weighted by Crippen LogP contribution is -2.06. The zero-order valence-corrected chi connectivity index (χ0v) is 16.4. The maximum atomic E-state index is 12.2. The number of hydrogen-bond acceptors (Lipinski definition) is 5. The molecule has 0 aliphatic heterocycles. The molecular weight excluding hydrogens is 356 g/mol. The van der Waals surface area contributed by atoms with Gasteiger partial charge < -0.3 is 18.9 Å².